The zero-order valence-electron chi connectivity index (χ0n) is 17.8. The van der Waals surface area contributed by atoms with Gasteiger partial charge in [0.2, 0.25) is 0 Å². The van der Waals surface area contributed by atoms with E-state index in [4.69, 9.17) is 9.47 Å². The number of ether oxygens (including phenoxy) is 2. The summed E-state index contributed by atoms with van der Waals surface area (Å²) in [7, 11) is 0. The Kier molecular flexibility index (Phi) is 4.40. The van der Waals surface area contributed by atoms with E-state index in [1.807, 2.05) is 6.92 Å². The van der Waals surface area contributed by atoms with Gasteiger partial charge in [0, 0.05) is 16.7 Å². The fourth-order valence-electron chi connectivity index (χ4n) is 7.71. The second-order valence-corrected chi connectivity index (χ2v) is 10.2. The van der Waals surface area contributed by atoms with Crippen molar-refractivity contribution in [3.05, 3.63) is 36.5 Å². The number of carbonyl (C=O) groups excluding carboxylic acids is 2. The summed E-state index contributed by atoms with van der Waals surface area (Å²) in [4.78, 5) is 25.0. The van der Waals surface area contributed by atoms with Gasteiger partial charge in [0.1, 0.15) is 6.61 Å². The molecule has 9 atom stereocenters. The molecule has 0 aromatic rings. The third-order valence-corrected chi connectivity index (χ3v) is 9.15. The van der Waals surface area contributed by atoms with Crippen LogP contribution in [0.4, 0.5) is 4.39 Å². The van der Waals surface area contributed by atoms with Gasteiger partial charge in [-0.2, -0.15) is 0 Å². The first-order valence-electron chi connectivity index (χ1n) is 11.0. The Morgan fingerprint density at radius 3 is 2.81 bits per heavy atom. The van der Waals surface area contributed by atoms with Crippen LogP contribution in [0.3, 0.4) is 0 Å². The van der Waals surface area contributed by atoms with Gasteiger partial charge in [-0.1, -0.05) is 25.2 Å². The molecule has 6 nitrogen and oxygen atoms in total. The first-order chi connectivity index (χ1) is 14.6. The van der Waals surface area contributed by atoms with Gasteiger partial charge >= 0.3 is 0 Å². The van der Waals surface area contributed by atoms with E-state index in [-0.39, 0.29) is 18.1 Å². The lowest BCUT2D eigenvalue weighted by Gasteiger charge is -2.62. The van der Waals surface area contributed by atoms with Crippen LogP contribution in [-0.2, 0) is 19.1 Å². The van der Waals surface area contributed by atoms with Crippen LogP contribution in [0.5, 0.6) is 0 Å². The fraction of sp³-hybridized carbons (Fsp3) is 0.667. The Morgan fingerprint density at radius 1 is 1.39 bits per heavy atom. The smallest absolute Gasteiger partial charge is 0.193 e. The van der Waals surface area contributed by atoms with Crippen molar-refractivity contribution in [2.75, 3.05) is 6.61 Å². The molecule has 1 saturated heterocycles. The summed E-state index contributed by atoms with van der Waals surface area (Å²) in [6.45, 7) is 6.58. The van der Waals surface area contributed by atoms with Crippen molar-refractivity contribution in [1.29, 1.82) is 0 Å². The first kappa shape index (κ1) is 21.2. The molecule has 168 valence electrons. The van der Waals surface area contributed by atoms with Gasteiger partial charge in [-0.3, -0.25) is 9.59 Å². The molecular formula is C24H29FO6. The summed E-state index contributed by atoms with van der Waals surface area (Å²) in [6.07, 6.45) is 4.52. The molecule has 7 unspecified atom stereocenters. The number of alkyl halides is 1. The maximum Gasteiger partial charge on any atom is 0.193 e. The average Bonchev–Trinajstić information content (AvgIpc) is 3.22. The molecule has 0 aromatic carbocycles. The van der Waals surface area contributed by atoms with E-state index in [9.17, 15) is 19.8 Å². The minimum Gasteiger partial charge on any atom is -0.390 e. The highest BCUT2D eigenvalue weighted by molar-refractivity contribution is 6.01. The lowest BCUT2D eigenvalue weighted by molar-refractivity contribution is -0.226. The van der Waals surface area contributed by atoms with E-state index in [1.54, 1.807) is 13.0 Å². The molecular weight excluding hydrogens is 403 g/mol. The number of hydrogen-bond acceptors (Lipinski definition) is 6. The topological polar surface area (TPSA) is 93.1 Å². The number of allylic oxidation sites excluding steroid dienone is 4. The summed E-state index contributed by atoms with van der Waals surface area (Å²) in [5, 5.41) is 21.1. The predicted molar refractivity (Wildman–Crippen MR) is 109 cm³/mol. The van der Waals surface area contributed by atoms with E-state index in [0.717, 1.165) is 0 Å². The maximum absolute atomic E-state index is 17.1. The SMILES string of the molecule is C=CC1O[C@@H]2CC3C4CCC5=CC(=O)C=CC5(C)C4(F)C(O)CC3(C)[C@]2(C(=O)CO)O1. The van der Waals surface area contributed by atoms with Crippen LogP contribution >= 0.6 is 0 Å². The average molecular weight is 432 g/mol. The number of aliphatic hydroxyl groups is 2. The van der Waals surface area contributed by atoms with Gasteiger partial charge in [-0.05, 0) is 56.8 Å². The third kappa shape index (κ3) is 2.25. The molecule has 7 heteroatoms. The quantitative estimate of drug-likeness (QED) is 0.665. The number of rotatable bonds is 3. The molecule has 3 saturated carbocycles. The van der Waals surface area contributed by atoms with Crippen molar-refractivity contribution >= 4 is 11.6 Å². The molecule has 0 bridgehead atoms. The van der Waals surface area contributed by atoms with Crippen LogP contribution in [0.2, 0.25) is 0 Å². The van der Waals surface area contributed by atoms with Crippen LogP contribution in [0, 0.1) is 22.7 Å². The number of ketones is 2. The third-order valence-electron chi connectivity index (χ3n) is 9.15. The van der Waals surface area contributed by atoms with Gasteiger partial charge in [-0.15, -0.1) is 0 Å². The highest BCUT2D eigenvalue weighted by atomic mass is 19.1. The Labute approximate surface area is 180 Å². The van der Waals surface area contributed by atoms with Gasteiger partial charge in [0.25, 0.3) is 0 Å². The molecule has 5 aliphatic rings. The molecule has 0 radical (unpaired) electrons. The molecule has 5 rings (SSSR count). The molecule has 1 heterocycles. The largest absolute Gasteiger partial charge is 0.390 e. The number of hydrogen-bond donors (Lipinski definition) is 2. The van der Waals surface area contributed by atoms with E-state index < -0.39 is 58.9 Å². The molecule has 4 aliphatic carbocycles. The summed E-state index contributed by atoms with van der Waals surface area (Å²) in [5.74, 6) is -1.51. The Morgan fingerprint density at radius 2 is 2.13 bits per heavy atom. The lowest BCUT2D eigenvalue weighted by atomic mass is 9.44. The van der Waals surface area contributed by atoms with Crippen molar-refractivity contribution in [1.82, 2.24) is 0 Å². The Balaban J connectivity index is 1.63. The number of fused-ring (bicyclic) bond motifs is 7. The lowest BCUT2D eigenvalue weighted by Crippen LogP contribution is -2.69. The van der Waals surface area contributed by atoms with E-state index in [2.05, 4.69) is 6.58 Å². The van der Waals surface area contributed by atoms with Gasteiger partial charge in [0.05, 0.1) is 12.2 Å². The van der Waals surface area contributed by atoms with E-state index >= 15 is 4.39 Å². The zero-order chi connectivity index (χ0) is 22.4. The van der Waals surface area contributed by atoms with Crippen molar-refractivity contribution in [2.24, 2.45) is 22.7 Å². The standard InChI is InChI=1S/C24H29FO6/c1-4-20-30-19-10-16-15-6-5-13-9-14(27)7-8-21(13,2)23(15,25)17(28)11-22(16,3)24(19,31-20)18(29)12-26/h4,7-9,15-17,19-20,26,28H,1,5-6,10-12H2,2-3H3/t15?,16?,17?,19-,20?,21?,22?,23?,24-/m1/s1. The minimum atomic E-state index is -1.99. The van der Waals surface area contributed by atoms with Crippen molar-refractivity contribution < 1.29 is 33.7 Å². The second-order valence-electron chi connectivity index (χ2n) is 10.2. The first-order valence-corrected chi connectivity index (χ1v) is 11.0. The molecule has 2 N–H and O–H groups in total. The Bertz CT molecular complexity index is 927. The van der Waals surface area contributed by atoms with Crippen molar-refractivity contribution in [3.63, 3.8) is 0 Å². The van der Waals surface area contributed by atoms with Gasteiger partial charge < -0.3 is 19.7 Å². The molecule has 0 spiro atoms. The maximum atomic E-state index is 17.1. The van der Waals surface area contributed by atoms with Crippen LogP contribution in [0.1, 0.15) is 39.5 Å². The van der Waals surface area contributed by atoms with Crippen molar-refractivity contribution in [3.8, 4) is 0 Å². The van der Waals surface area contributed by atoms with Crippen LogP contribution in [0.15, 0.2) is 36.5 Å². The van der Waals surface area contributed by atoms with Crippen molar-refractivity contribution in [2.45, 2.75) is 69.3 Å². The van der Waals surface area contributed by atoms with Crippen LogP contribution < -0.4 is 0 Å². The number of aliphatic hydroxyl groups excluding tert-OH is 2. The summed E-state index contributed by atoms with van der Waals surface area (Å²) >= 11 is 0. The summed E-state index contributed by atoms with van der Waals surface area (Å²) in [5.41, 5.74) is -4.75. The zero-order valence-corrected chi connectivity index (χ0v) is 17.8. The molecule has 4 fully saturated rings. The second kappa shape index (κ2) is 6.44. The molecule has 1 aliphatic heterocycles. The Hall–Kier alpha value is -1.67. The minimum absolute atomic E-state index is 0.00914. The highest BCUT2D eigenvalue weighted by Crippen LogP contribution is 2.71. The number of halogens is 1. The predicted octanol–water partition coefficient (Wildman–Crippen LogP) is 2.19. The summed E-state index contributed by atoms with van der Waals surface area (Å²) in [6, 6.07) is 0. The molecule has 31 heavy (non-hydrogen) atoms. The summed E-state index contributed by atoms with van der Waals surface area (Å²) < 4.78 is 29.2. The van der Waals surface area contributed by atoms with Crippen LogP contribution in [0.25, 0.3) is 0 Å². The highest BCUT2D eigenvalue weighted by Gasteiger charge is 2.79. The fourth-order valence-corrected chi connectivity index (χ4v) is 7.71. The molecule has 0 amide bonds. The van der Waals surface area contributed by atoms with Gasteiger partial charge in [0.15, 0.2) is 29.1 Å². The number of carbonyl (C=O) groups is 2. The normalized spacial score (nSPS) is 52.6. The van der Waals surface area contributed by atoms with E-state index in [1.165, 1.54) is 18.2 Å². The molecule has 0 aromatic heterocycles. The van der Waals surface area contributed by atoms with E-state index in [0.29, 0.717) is 24.8 Å². The van der Waals surface area contributed by atoms with Gasteiger partial charge in [-0.25, -0.2) is 4.39 Å². The van der Waals surface area contributed by atoms with Crippen LogP contribution in [-0.4, -0.2) is 58.2 Å². The monoisotopic (exact) mass is 432 g/mol. The number of Topliss-reactive ketones (excluding diaryl/α,β-unsaturated/α-hetero) is 1.